The fraction of sp³-hybridized carbons (Fsp3) is 0.250. The molecule has 0 bridgehead atoms. The number of benzene rings is 1. The number of nitrogens with zero attached hydrogens (tertiary/aromatic N) is 1. The van der Waals surface area contributed by atoms with Crippen LogP contribution in [0, 0.1) is 0 Å². The zero-order chi connectivity index (χ0) is 18.4. The van der Waals surface area contributed by atoms with Gasteiger partial charge in [0.05, 0.1) is 11.8 Å². The molecule has 2 amide bonds. The lowest BCUT2D eigenvalue weighted by Gasteiger charge is -2.11. The van der Waals surface area contributed by atoms with Crippen LogP contribution in [0.3, 0.4) is 0 Å². The minimum atomic E-state index is -1.08. The number of anilines is 1. The Bertz CT molecular complexity index is 774. The fourth-order valence-electron chi connectivity index (χ4n) is 1.87. The van der Waals surface area contributed by atoms with Crippen molar-refractivity contribution >= 4 is 46.6 Å². The zero-order valence-corrected chi connectivity index (χ0v) is 15.2. The lowest BCUT2D eigenvalue weighted by Crippen LogP contribution is -2.30. The molecule has 0 saturated carbocycles. The molecular weight excluding hydrogens is 362 g/mol. The SMILES string of the molecule is CC(=O)Nc1ccc(SC(C)C(=O)NCc2nc(C(=O)O)cs2)cc1. The molecule has 0 saturated heterocycles. The molecule has 0 aliphatic carbocycles. The number of carbonyl (C=O) groups excluding carboxylic acids is 2. The fourth-order valence-corrected chi connectivity index (χ4v) is 3.47. The molecular formula is C16H17N3O4S2. The summed E-state index contributed by atoms with van der Waals surface area (Å²) in [6, 6.07) is 7.22. The maximum absolute atomic E-state index is 12.1. The number of hydrogen-bond donors (Lipinski definition) is 3. The molecule has 7 nitrogen and oxygen atoms in total. The second-order valence-electron chi connectivity index (χ2n) is 5.12. The van der Waals surface area contributed by atoms with Crippen molar-refractivity contribution in [1.29, 1.82) is 0 Å². The lowest BCUT2D eigenvalue weighted by molar-refractivity contribution is -0.120. The largest absolute Gasteiger partial charge is 0.476 e. The molecule has 1 aromatic carbocycles. The van der Waals surface area contributed by atoms with Crippen molar-refractivity contribution in [2.24, 2.45) is 0 Å². The van der Waals surface area contributed by atoms with E-state index in [0.29, 0.717) is 10.7 Å². The van der Waals surface area contributed by atoms with Gasteiger partial charge in [0.2, 0.25) is 11.8 Å². The number of aromatic carboxylic acids is 1. The number of carboxylic acids is 1. The van der Waals surface area contributed by atoms with Crippen LogP contribution in [-0.2, 0) is 16.1 Å². The molecule has 132 valence electrons. The van der Waals surface area contributed by atoms with Crippen LogP contribution in [0.2, 0.25) is 0 Å². The summed E-state index contributed by atoms with van der Waals surface area (Å²) >= 11 is 2.58. The van der Waals surface area contributed by atoms with Gasteiger partial charge in [0.1, 0.15) is 5.01 Å². The molecule has 3 N–H and O–H groups in total. The molecule has 2 aromatic rings. The van der Waals surface area contributed by atoms with Gasteiger partial charge in [-0.05, 0) is 31.2 Å². The van der Waals surface area contributed by atoms with Crippen molar-refractivity contribution in [3.8, 4) is 0 Å². The summed E-state index contributed by atoms with van der Waals surface area (Å²) in [7, 11) is 0. The van der Waals surface area contributed by atoms with E-state index in [1.807, 2.05) is 12.1 Å². The van der Waals surface area contributed by atoms with E-state index in [0.717, 1.165) is 4.90 Å². The van der Waals surface area contributed by atoms with Gasteiger partial charge in [-0.3, -0.25) is 9.59 Å². The lowest BCUT2D eigenvalue weighted by atomic mass is 10.3. The Balaban J connectivity index is 1.84. The average molecular weight is 379 g/mol. The van der Waals surface area contributed by atoms with E-state index in [2.05, 4.69) is 15.6 Å². The number of carbonyl (C=O) groups is 3. The van der Waals surface area contributed by atoms with E-state index >= 15 is 0 Å². The molecule has 0 spiro atoms. The van der Waals surface area contributed by atoms with Gasteiger partial charge in [0.25, 0.3) is 0 Å². The van der Waals surface area contributed by atoms with Crippen LogP contribution in [0.5, 0.6) is 0 Å². The highest BCUT2D eigenvalue weighted by atomic mass is 32.2. The molecule has 1 atom stereocenters. The van der Waals surface area contributed by atoms with Crippen LogP contribution < -0.4 is 10.6 Å². The summed E-state index contributed by atoms with van der Waals surface area (Å²) in [5, 5.41) is 15.9. The number of rotatable bonds is 7. The van der Waals surface area contributed by atoms with Crippen molar-refractivity contribution in [3.05, 3.63) is 40.3 Å². The third kappa shape index (κ3) is 5.87. The Morgan fingerprint density at radius 3 is 2.52 bits per heavy atom. The molecule has 0 aliphatic rings. The molecule has 1 unspecified atom stereocenters. The van der Waals surface area contributed by atoms with Gasteiger partial charge >= 0.3 is 5.97 Å². The van der Waals surface area contributed by atoms with Crippen molar-refractivity contribution in [2.45, 2.75) is 30.5 Å². The maximum Gasteiger partial charge on any atom is 0.355 e. The molecule has 1 heterocycles. The smallest absolute Gasteiger partial charge is 0.355 e. The predicted molar refractivity (Wildman–Crippen MR) is 97.0 cm³/mol. The van der Waals surface area contributed by atoms with Crippen LogP contribution in [0.25, 0.3) is 0 Å². The Morgan fingerprint density at radius 1 is 1.28 bits per heavy atom. The molecule has 9 heteroatoms. The Labute approximate surface area is 152 Å². The van der Waals surface area contributed by atoms with Gasteiger partial charge in [0, 0.05) is 22.9 Å². The average Bonchev–Trinajstić information content (AvgIpc) is 3.03. The van der Waals surface area contributed by atoms with Crippen molar-refractivity contribution in [2.75, 3.05) is 5.32 Å². The van der Waals surface area contributed by atoms with Crippen LogP contribution in [0.1, 0.15) is 29.3 Å². The monoisotopic (exact) mass is 379 g/mol. The first-order valence-electron chi connectivity index (χ1n) is 7.35. The maximum atomic E-state index is 12.1. The van der Waals surface area contributed by atoms with E-state index in [1.54, 1.807) is 19.1 Å². The number of carboxylic acid groups (broad SMARTS) is 1. The third-order valence-electron chi connectivity index (χ3n) is 3.04. The van der Waals surface area contributed by atoms with Crippen molar-refractivity contribution in [1.82, 2.24) is 10.3 Å². The summed E-state index contributed by atoms with van der Waals surface area (Å²) in [6.45, 7) is 3.42. The first-order chi connectivity index (χ1) is 11.8. The van der Waals surface area contributed by atoms with E-state index in [4.69, 9.17) is 5.11 Å². The highest BCUT2D eigenvalue weighted by molar-refractivity contribution is 8.00. The highest BCUT2D eigenvalue weighted by Gasteiger charge is 2.15. The number of thiazole rings is 1. The van der Waals surface area contributed by atoms with Crippen LogP contribution >= 0.6 is 23.1 Å². The molecule has 0 aliphatic heterocycles. The van der Waals surface area contributed by atoms with Crippen molar-refractivity contribution < 1.29 is 19.5 Å². The number of nitrogens with one attached hydrogen (secondary N) is 2. The normalized spacial score (nSPS) is 11.6. The van der Waals surface area contributed by atoms with Crippen LogP contribution in [-0.4, -0.2) is 33.1 Å². The van der Waals surface area contributed by atoms with Gasteiger partial charge < -0.3 is 15.7 Å². The summed E-state index contributed by atoms with van der Waals surface area (Å²) in [5.41, 5.74) is 0.683. The van der Waals surface area contributed by atoms with Gasteiger partial charge in [-0.2, -0.15) is 0 Å². The second-order valence-corrected chi connectivity index (χ2v) is 7.47. The van der Waals surface area contributed by atoms with E-state index in [9.17, 15) is 14.4 Å². The van der Waals surface area contributed by atoms with Crippen LogP contribution in [0.15, 0.2) is 34.5 Å². The van der Waals surface area contributed by atoms with E-state index in [1.165, 1.54) is 35.4 Å². The molecule has 0 radical (unpaired) electrons. The third-order valence-corrected chi connectivity index (χ3v) is 5.00. The Kier molecular flexibility index (Phi) is 6.54. The van der Waals surface area contributed by atoms with Gasteiger partial charge in [-0.25, -0.2) is 9.78 Å². The summed E-state index contributed by atoms with van der Waals surface area (Å²) in [5.74, 6) is -1.38. The summed E-state index contributed by atoms with van der Waals surface area (Å²) in [6.07, 6.45) is 0. The quantitative estimate of drug-likeness (QED) is 0.638. The standard InChI is InChI=1S/C16H17N3O4S2/c1-9(25-12-5-3-11(4-6-12)18-10(2)20)15(21)17-7-14-19-13(8-24-14)16(22)23/h3-6,8-9H,7H2,1-2H3,(H,17,21)(H,18,20)(H,22,23). The first-order valence-corrected chi connectivity index (χ1v) is 9.11. The molecule has 0 fully saturated rings. The van der Waals surface area contributed by atoms with Crippen LogP contribution in [0.4, 0.5) is 5.69 Å². The minimum absolute atomic E-state index is 0.0177. The number of thioether (sulfide) groups is 1. The predicted octanol–water partition coefficient (Wildman–Crippen LogP) is 2.60. The molecule has 25 heavy (non-hydrogen) atoms. The van der Waals surface area contributed by atoms with Gasteiger partial charge in [-0.1, -0.05) is 0 Å². The Morgan fingerprint density at radius 2 is 1.96 bits per heavy atom. The number of aromatic nitrogens is 1. The van der Waals surface area contributed by atoms with E-state index < -0.39 is 5.97 Å². The topological polar surface area (TPSA) is 108 Å². The minimum Gasteiger partial charge on any atom is -0.476 e. The first kappa shape index (κ1) is 18.9. The summed E-state index contributed by atoms with van der Waals surface area (Å²) in [4.78, 5) is 38.7. The Hall–Kier alpha value is -2.39. The zero-order valence-electron chi connectivity index (χ0n) is 13.6. The highest BCUT2D eigenvalue weighted by Crippen LogP contribution is 2.25. The summed E-state index contributed by atoms with van der Waals surface area (Å²) < 4.78 is 0. The second kappa shape index (κ2) is 8.63. The van der Waals surface area contributed by atoms with E-state index in [-0.39, 0.29) is 29.3 Å². The number of hydrogen-bond acceptors (Lipinski definition) is 6. The van der Waals surface area contributed by atoms with Crippen molar-refractivity contribution in [3.63, 3.8) is 0 Å². The molecule has 2 rings (SSSR count). The van der Waals surface area contributed by atoms with Gasteiger partial charge in [-0.15, -0.1) is 23.1 Å². The van der Waals surface area contributed by atoms with Gasteiger partial charge in [0.15, 0.2) is 5.69 Å². The molecule has 1 aromatic heterocycles. The number of amides is 2.